The number of aliphatic hydroxyl groups excluding tert-OH is 1. The summed E-state index contributed by atoms with van der Waals surface area (Å²) < 4.78 is 14.2. The van der Waals surface area contributed by atoms with Gasteiger partial charge in [-0.05, 0) is 43.9 Å². The number of aliphatic hydroxyl groups is 1. The highest BCUT2D eigenvalue weighted by Gasteiger charge is 2.16. The summed E-state index contributed by atoms with van der Waals surface area (Å²) in [6.07, 6.45) is 3.55. The molecule has 1 aromatic rings. The van der Waals surface area contributed by atoms with Gasteiger partial charge >= 0.3 is 0 Å². The van der Waals surface area contributed by atoms with Crippen molar-refractivity contribution in [3.8, 4) is 0 Å². The minimum absolute atomic E-state index is 0.0528. The second-order valence-electron chi connectivity index (χ2n) is 5.16. The molecule has 1 atom stereocenters. The topological polar surface area (TPSA) is 35.5 Å². The molecular weight excluding hydrogens is 243 g/mol. The molecule has 0 aromatic heterocycles. The summed E-state index contributed by atoms with van der Waals surface area (Å²) in [5, 5.41) is 11.9. The van der Waals surface area contributed by atoms with Crippen molar-refractivity contribution in [3.05, 3.63) is 29.6 Å². The number of nitrogens with zero attached hydrogens (tertiary/aromatic N) is 1. The van der Waals surface area contributed by atoms with E-state index in [0.29, 0.717) is 6.54 Å². The number of hydrogen-bond donors (Lipinski definition) is 2. The third-order valence-electron chi connectivity index (χ3n) is 3.73. The fourth-order valence-corrected chi connectivity index (χ4v) is 2.58. The Kier molecular flexibility index (Phi) is 5.16. The number of nitrogens with one attached hydrogen (secondary N) is 1. The number of halogens is 1. The first kappa shape index (κ1) is 14.3. The predicted octanol–water partition coefficient (Wildman–Crippen LogP) is 2.46. The summed E-state index contributed by atoms with van der Waals surface area (Å²) in [6.45, 7) is 4.50. The molecule has 4 heteroatoms. The van der Waals surface area contributed by atoms with Gasteiger partial charge in [-0.2, -0.15) is 0 Å². The van der Waals surface area contributed by atoms with Crippen LogP contribution in [0.3, 0.4) is 0 Å². The molecular formula is C15H23FN2O. The lowest BCUT2D eigenvalue weighted by Gasteiger charge is -2.29. The summed E-state index contributed by atoms with van der Waals surface area (Å²) in [5.41, 5.74) is 1.64. The average Bonchev–Trinajstić information content (AvgIpc) is 2.45. The molecule has 2 N–H and O–H groups in total. The minimum Gasteiger partial charge on any atom is -0.395 e. The molecule has 3 nitrogen and oxygen atoms in total. The van der Waals surface area contributed by atoms with Gasteiger partial charge in [0.15, 0.2) is 0 Å². The van der Waals surface area contributed by atoms with E-state index in [4.69, 9.17) is 5.11 Å². The maximum Gasteiger partial charge on any atom is 0.146 e. The maximum atomic E-state index is 14.2. The monoisotopic (exact) mass is 266 g/mol. The number of piperidine rings is 1. The molecule has 0 spiro atoms. The molecule has 19 heavy (non-hydrogen) atoms. The van der Waals surface area contributed by atoms with Crippen molar-refractivity contribution in [1.29, 1.82) is 0 Å². The molecule has 0 aliphatic carbocycles. The Morgan fingerprint density at radius 3 is 2.68 bits per heavy atom. The zero-order valence-electron chi connectivity index (χ0n) is 11.5. The third-order valence-corrected chi connectivity index (χ3v) is 3.73. The van der Waals surface area contributed by atoms with Crippen molar-refractivity contribution in [2.75, 3.05) is 31.1 Å². The van der Waals surface area contributed by atoms with Crippen LogP contribution in [0, 0.1) is 5.82 Å². The van der Waals surface area contributed by atoms with Crippen molar-refractivity contribution in [2.24, 2.45) is 0 Å². The van der Waals surface area contributed by atoms with Gasteiger partial charge in [0.2, 0.25) is 0 Å². The molecule has 0 amide bonds. The zero-order valence-corrected chi connectivity index (χ0v) is 11.5. The molecule has 1 heterocycles. The number of rotatable bonds is 5. The lowest BCUT2D eigenvalue weighted by Crippen LogP contribution is -2.30. The van der Waals surface area contributed by atoms with E-state index in [1.54, 1.807) is 6.07 Å². The largest absolute Gasteiger partial charge is 0.395 e. The van der Waals surface area contributed by atoms with Crippen LogP contribution in [-0.2, 0) is 0 Å². The first-order valence-corrected chi connectivity index (χ1v) is 7.11. The van der Waals surface area contributed by atoms with Crippen LogP contribution in [0.25, 0.3) is 0 Å². The van der Waals surface area contributed by atoms with Gasteiger partial charge in [-0.3, -0.25) is 0 Å². The van der Waals surface area contributed by atoms with Gasteiger partial charge in [-0.25, -0.2) is 4.39 Å². The van der Waals surface area contributed by atoms with Crippen LogP contribution < -0.4 is 10.2 Å². The van der Waals surface area contributed by atoms with E-state index in [1.807, 2.05) is 19.1 Å². The van der Waals surface area contributed by atoms with Gasteiger partial charge in [0.25, 0.3) is 0 Å². The molecule has 2 rings (SSSR count). The van der Waals surface area contributed by atoms with E-state index in [1.165, 1.54) is 6.42 Å². The van der Waals surface area contributed by atoms with E-state index < -0.39 is 0 Å². The quantitative estimate of drug-likeness (QED) is 0.859. The molecule has 0 bridgehead atoms. The SMILES string of the molecule is C[C@@H](NCCO)c1ccc(N2CCCCC2)c(F)c1. The van der Waals surface area contributed by atoms with E-state index in [9.17, 15) is 4.39 Å². The van der Waals surface area contributed by atoms with Gasteiger partial charge in [0, 0.05) is 25.7 Å². The van der Waals surface area contributed by atoms with Crippen LogP contribution in [-0.4, -0.2) is 31.3 Å². The minimum atomic E-state index is -0.142. The lowest BCUT2D eigenvalue weighted by atomic mass is 10.1. The predicted molar refractivity (Wildman–Crippen MR) is 76.0 cm³/mol. The van der Waals surface area contributed by atoms with Crippen LogP contribution in [0.5, 0.6) is 0 Å². The van der Waals surface area contributed by atoms with Crippen LogP contribution in [0.15, 0.2) is 18.2 Å². The normalized spacial score (nSPS) is 17.5. The summed E-state index contributed by atoms with van der Waals surface area (Å²) in [5.74, 6) is -0.142. The molecule has 1 aromatic carbocycles. The van der Waals surface area contributed by atoms with Crippen molar-refractivity contribution in [1.82, 2.24) is 5.32 Å². The second-order valence-corrected chi connectivity index (χ2v) is 5.16. The Morgan fingerprint density at radius 1 is 1.32 bits per heavy atom. The van der Waals surface area contributed by atoms with Gasteiger partial charge in [-0.1, -0.05) is 6.07 Å². The number of hydrogen-bond acceptors (Lipinski definition) is 3. The Morgan fingerprint density at radius 2 is 2.05 bits per heavy atom. The maximum absolute atomic E-state index is 14.2. The van der Waals surface area contributed by atoms with Gasteiger partial charge < -0.3 is 15.3 Å². The van der Waals surface area contributed by atoms with E-state index in [-0.39, 0.29) is 18.5 Å². The standard InChI is InChI=1S/C15H23FN2O/c1-12(17-7-10-19)13-5-6-15(14(16)11-13)18-8-3-2-4-9-18/h5-6,11-12,17,19H,2-4,7-10H2,1H3/t12-/m1/s1. The zero-order chi connectivity index (χ0) is 13.7. The van der Waals surface area contributed by atoms with Gasteiger partial charge in [0.1, 0.15) is 5.82 Å². The fraction of sp³-hybridized carbons (Fsp3) is 0.600. The van der Waals surface area contributed by atoms with E-state index in [0.717, 1.165) is 37.2 Å². The van der Waals surface area contributed by atoms with Crippen LogP contribution in [0.1, 0.15) is 37.8 Å². The Balaban J connectivity index is 2.07. The molecule has 0 radical (unpaired) electrons. The fourth-order valence-electron chi connectivity index (χ4n) is 2.58. The summed E-state index contributed by atoms with van der Waals surface area (Å²) >= 11 is 0. The van der Waals surface area contributed by atoms with E-state index >= 15 is 0 Å². The molecule has 1 saturated heterocycles. The molecule has 0 unspecified atom stereocenters. The molecule has 1 aliphatic rings. The van der Waals surface area contributed by atoms with Crippen LogP contribution >= 0.6 is 0 Å². The summed E-state index contributed by atoms with van der Waals surface area (Å²) in [7, 11) is 0. The highest BCUT2D eigenvalue weighted by Crippen LogP contribution is 2.26. The van der Waals surface area contributed by atoms with Gasteiger partial charge in [0.05, 0.1) is 12.3 Å². The number of benzene rings is 1. The first-order valence-electron chi connectivity index (χ1n) is 7.11. The molecule has 106 valence electrons. The summed E-state index contributed by atoms with van der Waals surface area (Å²) in [6, 6.07) is 5.52. The Labute approximate surface area is 114 Å². The molecule has 1 fully saturated rings. The van der Waals surface area contributed by atoms with Crippen LogP contribution in [0.4, 0.5) is 10.1 Å². The Bertz CT molecular complexity index is 405. The Hall–Kier alpha value is -1.13. The number of anilines is 1. The van der Waals surface area contributed by atoms with Crippen LogP contribution in [0.2, 0.25) is 0 Å². The smallest absolute Gasteiger partial charge is 0.146 e. The van der Waals surface area contributed by atoms with Crippen molar-refractivity contribution in [2.45, 2.75) is 32.2 Å². The highest BCUT2D eigenvalue weighted by atomic mass is 19.1. The van der Waals surface area contributed by atoms with Crippen molar-refractivity contribution < 1.29 is 9.50 Å². The molecule has 1 aliphatic heterocycles. The van der Waals surface area contributed by atoms with Gasteiger partial charge in [-0.15, -0.1) is 0 Å². The molecule has 0 saturated carbocycles. The van der Waals surface area contributed by atoms with Crippen molar-refractivity contribution in [3.63, 3.8) is 0 Å². The lowest BCUT2D eigenvalue weighted by molar-refractivity contribution is 0.286. The average molecular weight is 266 g/mol. The van der Waals surface area contributed by atoms with E-state index in [2.05, 4.69) is 10.2 Å². The second kappa shape index (κ2) is 6.87. The summed E-state index contributed by atoms with van der Waals surface area (Å²) in [4.78, 5) is 2.13. The highest BCUT2D eigenvalue weighted by molar-refractivity contribution is 5.49. The van der Waals surface area contributed by atoms with Crippen molar-refractivity contribution >= 4 is 5.69 Å². The third kappa shape index (κ3) is 3.67. The first-order chi connectivity index (χ1) is 9.22.